The third kappa shape index (κ3) is 8.93. The fraction of sp³-hybridized carbons (Fsp3) is 0.929. The smallest absolute Gasteiger partial charge is 0.191 e. The van der Waals surface area contributed by atoms with Crippen LogP contribution in [0.15, 0.2) is 4.99 Å². The van der Waals surface area contributed by atoms with Crippen LogP contribution < -0.4 is 10.6 Å². The Morgan fingerprint density at radius 1 is 1.24 bits per heavy atom. The molecule has 0 bridgehead atoms. The Kier molecular flexibility index (Phi) is 8.03. The molecule has 0 aromatic heterocycles. The number of nitrogens with one attached hydrogen (secondary N) is 2. The third-order valence-electron chi connectivity index (χ3n) is 3.72. The Balaban J connectivity index is 2.11. The van der Waals surface area contributed by atoms with Gasteiger partial charge in [-0.2, -0.15) is 0 Å². The average molecular weight is 319 g/mol. The lowest BCUT2D eigenvalue weighted by Gasteiger charge is -2.28. The van der Waals surface area contributed by atoms with Crippen molar-refractivity contribution in [2.75, 3.05) is 38.8 Å². The molecule has 1 aliphatic rings. The maximum Gasteiger partial charge on any atom is 0.191 e. The van der Waals surface area contributed by atoms with Crippen LogP contribution in [0.2, 0.25) is 0 Å². The quantitative estimate of drug-likeness (QED) is 0.412. The first-order chi connectivity index (χ1) is 9.90. The molecule has 0 heterocycles. The zero-order valence-corrected chi connectivity index (χ0v) is 14.2. The van der Waals surface area contributed by atoms with Gasteiger partial charge in [-0.25, -0.2) is 8.42 Å². The summed E-state index contributed by atoms with van der Waals surface area (Å²) in [7, 11) is -1.18. The molecule has 0 unspecified atom stereocenters. The van der Waals surface area contributed by atoms with Gasteiger partial charge in [0.15, 0.2) is 5.96 Å². The Morgan fingerprint density at radius 3 is 2.48 bits per heavy atom. The van der Waals surface area contributed by atoms with E-state index in [-0.39, 0.29) is 12.4 Å². The van der Waals surface area contributed by atoms with Crippen LogP contribution in [0.5, 0.6) is 0 Å². The fourth-order valence-corrected chi connectivity index (χ4v) is 2.77. The first kappa shape index (κ1) is 18.2. The lowest BCUT2D eigenvalue weighted by molar-refractivity contribution is 0.154. The van der Waals surface area contributed by atoms with E-state index in [1.807, 2.05) is 0 Å². The molecule has 1 fully saturated rings. The van der Waals surface area contributed by atoms with E-state index in [4.69, 9.17) is 4.74 Å². The molecule has 0 aromatic carbocycles. The van der Waals surface area contributed by atoms with Gasteiger partial charge in [0, 0.05) is 25.9 Å². The number of nitrogens with zero attached hydrogens (tertiary/aromatic N) is 1. The molecule has 0 aliphatic heterocycles. The SMILES string of the molecule is CN=C(NCCOCCS(C)(=O)=O)NC1CCC(C)CC1. The third-order valence-corrected chi connectivity index (χ3v) is 4.63. The molecule has 0 saturated heterocycles. The summed E-state index contributed by atoms with van der Waals surface area (Å²) in [6, 6.07) is 0.499. The monoisotopic (exact) mass is 319 g/mol. The number of aliphatic imine (C=N–C) groups is 1. The molecular weight excluding hydrogens is 290 g/mol. The van der Waals surface area contributed by atoms with Crippen molar-refractivity contribution in [1.82, 2.24) is 10.6 Å². The fourth-order valence-electron chi connectivity index (χ4n) is 2.35. The van der Waals surface area contributed by atoms with E-state index in [1.165, 1.54) is 31.9 Å². The minimum Gasteiger partial charge on any atom is -0.379 e. The van der Waals surface area contributed by atoms with Crippen molar-refractivity contribution in [3.8, 4) is 0 Å². The molecule has 1 saturated carbocycles. The van der Waals surface area contributed by atoms with Crippen LogP contribution in [-0.2, 0) is 14.6 Å². The van der Waals surface area contributed by atoms with Crippen LogP contribution in [0.3, 0.4) is 0 Å². The number of rotatable bonds is 7. The van der Waals surface area contributed by atoms with Crippen LogP contribution in [0.25, 0.3) is 0 Å². The summed E-state index contributed by atoms with van der Waals surface area (Å²) in [5, 5.41) is 6.62. The highest BCUT2D eigenvalue weighted by molar-refractivity contribution is 7.90. The molecule has 21 heavy (non-hydrogen) atoms. The molecule has 0 radical (unpaired) electrons. The van der Waals surface area contributed by atoms with Gasteiger partial charge in [0.1, 0.15) is 9.84 Å². The molecule has 1 aliphatic carbocycles. The molecule has 124 valence electrons. The van der Waals surface area contributed by atoms with E-state index in [1.54, 1.807) is 7.05 Å². The van der Waals surface area contributed by atoms with Gasteiger partial charge in [0.2, 0.25) is 0 Å². The highest BCUT2D eigenvalue weighted by Gasteiger charge is 2.18. The lowest BCUT2D eigenvalue weighted by Crippen LogP contribution is -2.45. The van der Waals surface area contributed by atoms with Gasteiger partial charge in [0.25, 0.3) is 0 Å². The predicted octanol–water partition coefficient (Wildman–Crippen LogP) is 0.791. The molecular formula is C14H29N3O3S. The van der Waals surface area contributed by atoms with Crippen molar-refractivity contribution in [3.05, 3.63) is 0 Å². The summed E-state index contributed by atoms with van der Waals surface area (Å²) in [5.41, 5.74) is 0. The van der Waals surface area contributed by atoms with Crippen molar-refractivity contribution >= 4 is 15.8 Å². The highest BCUT2D eigenvalue weighted by atomic mass is 32.2. The van der Waals surface area contributed by atoms with Gasteiger partial charge >= 0.3 is 0 Å². The molecule has 2 N–H and O–H groups in total. The van der Waals surface area contributed by atoms with Crippen LogP contribution >= 0.6 is 0 Å². The van der Waals surface area contributed by atoms with E-state index in [9.17, 15) is 8.42 Å². The Bertz CT molecular complexity index is 415. The molecule has 0 atom stereocenters. The molecule has 0 spiro atoms. The minimum absolute atomic E-state index is 0.0697. The molecule has 6 nitrogen and oxygen atoms in total. The summed E-state index contributed by atoms with van der Waals surface area (Å²) >= 11 is 0. The van der Waals surface area contributed by atoms with Gasteiger partial charge < -0.3 is 15.4 Å². The number of hydrogen-bond donors (Lipinski definition) is 2. The average Bonchev–Trinajstić information content (AvgIpc) is 2.42. The standard InChI is InChI=1S/C14H29N3O3S/c1-12-4-6-13(7-5-12)17-14(15-2)16-8-9-20-10-11-21(3,18)19/h12-13H,4-11H2,1-3H3,(H2,15,16,17). The van der Waals surface area contributed by atoms with Gasteiger partial charge in [-0.3, -0.25) is 4.99 Å². The Hall–Kier alpha value is -0.820. The van der Waals surface area contributed by atoms with Crippen LogP contribution in [0, 0.1) is 5.92 Å². The summed E-state index contributed by atoms with van der Waals surface area (Å²) < 4.78 is 27.2. The van der Waals surface area contributed by atoms with E-state index in [0.717, 1.165) is 11.9 Å². The van der Waals surface area contributed by atoms with E-state index in [0.29, 0.717) is 19.2 Å². The first-order valence-electron chi connectivity index (χ1n) is 7.63. The summed E-state index contributed by atoms with van der Waals surface area (Å²) in [4.78, 5) is 4.20. The number of sulfone groups is 1. The zero-order valence-electron chi connectivity index (χ0n) is 13.4. The van der Waals surface area contributed by atoms with Crippen molar-refractivity contribution < 1.29 is 13.2 Å². The topological polar surface area (TPSA) is 79.8 Å². The van der Waals surface area contributed by atoms with Crippen molar-refractivity contribution in [3.63, 3.8) is 0 Å². The molecule has 1 rings (SSSR count). The predicted molar refractivity (Wildman–Crippen MR) is 86.4 cm³/mol. The van der Waals surface area contributed by atoms with Crippen LogP contribution in [0.1, 0.15) is 32.6 Å². The van der Waals surface area contributed by atoms with Gasteiger partial charge in [-0.05, 0) is 31.6 Å². The second-order valence-corrected chi connectivity index (χ2v) is 8.10. The second-order valence-electron chi connectivity index (χ2n) is 5.84. The van der Waals surface area contributed by atoms with Gasteiger partial charge in [0.05, 0.1) is 19.0 Å². The summed E-state index contributed by atoms with van der Waals surface area (Å²) in [6.45, 7) is 3.63. The molecule has 7 heteroatoms. The van der Waals surface area contributed by atoms with Gasteiger partial charge in [-0.15, -0.1) is 0 Å². The van der Waals surface area contributed by atoms with E-state index >= 15 is 0 Å². The van der Waals surface area contributed by atoms with Gasteiger partial charge in [-0.1, -0.05) is 6.92 Å². The normalized spacial score (nSPS) is 23.9. The number of hydrogen-bond acceptors (Lipinski definition) is 4. The first-order valence-corrected chi connectivity index (χ1v) is 9.69. The second kappa shape index (κ2) is 9.25. The largest absolute Gasteiger partial charge is 0.379 e. The highest BCUT2D eigenvalue weighted by Crippen LogP contribution is 2.23. The van der Waals surface area contributed by atoms with Crippen molar-refractivity contribution in [2.45, 2.75) is 38.6 Å². The minimum atomic E-state index is -2.94. The lowest BCUT2D eigenvalue weighted by atomic mass is 9.87. The van der Waals surface area contributed by atoms with Crippen molar-refractivity contribution in [2.24, 2.45) is 10.9 Å². The van der Waals surface area contributed by atoms with E-state index < -0.39 is 9.84 Å². The summed E-state index contributed by atoms with van der Waals surface area (Å²) in [5.74, 6) is 1.70. The number of ether oxygens (including phenoxy) is 1. The maximum absolute atomic E-state index is 10.9. The zero-order chi connectivity index (χ0) is 15.7. The van der Waals surface area contributed by atoms with Crippen LogP contribution in [-0.4, -0.2) is 59.2 Å². The Labute approximate surface area is 128 Å². The summed E-state index contributed by atoms with van der Waals surface area (Å²) in [6.07, 6.45) is 6.12. The molecule has 0 aromatic rings. The van der Waals surface area contributed by atoms with Crippen LogP contribution in [0.4, 0.5) is 0 Å². The maximum atomic E-state index is 10.9. The Morgan fingerprint density at radius 2 is 1.90 bits per heavy atom. The van der Waals surface area contributed by atoms with Crippen molar-refractivity contribution in [1.29, 1.82) is 0 Å². The molecule has 0 amide bonds. The number of guanidine groups is 1. The van der Waals surface area contributed by atoms with E-state index in [2.05, 4.69) is 22.5 Å².